The highest BCUT2D eigenvalue weighted by molar-refractivity contribution is 6.11. The first-order valence-electron chi connectivity index (χ1n) is 14.9. The average molecular weight is 583 g/mol. The number of furan rings is 2. The lowest BCUT2D eigenvalue weighted by Crippen LogP contribution is -1.96. The summed E-state index contributed by atoms with van der Waals surface area (Å²) in [6, 6.07) is 41.8. The second-order valence-corrected chi connectivity index (χ2v) is 11.2. The maximum absolute atomic E-state index is 5.76. The van der Waals surface area contributed by atoms with Crippen molar-refractivity contribution in [3.05, 3.63) is 140 Å². The lowest BCUT2D eigenvalue weighted by molar-refractivity contribution is 0.582. The first-order valence-corrected chi connectivity index (χ1v) is 14.9. The Morgan fingerprint density at radius 3 is 2.13 bits per heavy atom. The summed E-state index contributed by atoms with van der Waals surface area (Å²) in [5.74, 6) is 2.58. The van der Waals surface area contributed by atoms with Crippen LogP contribution in [0.15, 0.2) is 149 Å². The number of aryl methyl sites for hydroxylation is 1. The molecule has 0 saturated heterocycles. The molecule has 0 saturated carbocycles. The van der Waals surface area contributed by atoms with E-state index in [0.717, 1.165) is 83.8 Å². The van der Waals surface area contributed by atoms with E-state index in [4.69, 9.17) is 18.8 Å². The summed E-state index contributed by atoms with van der Waals surface area (Å²) in [7, 11) is 2.08. The third-order valence-electron chi connectivity index (χ3n) is 8.59. The molecule has 0 aliphatic carbocycles. The number of rotatable bonds is 5. The highest BCUT2D eigenvalue weighted by Crippen LogP contribution is 2.38. The second kappa shape index (κ2) is 9.96. The van der Waals surface area contributed by atoms with Gasteiger partial charge in [-0.2, -0.15) is 0 Å². The minimum atomic E-state index is 0.804. The van der Waals surface area contributed by atoms with E-state index in [1.807, 2.05) is 48.7 Å². The van der Waals surface area contributed by atoms with E-state index in [2.05, 4.69) is 95.0 Å². The van der Waals surface area contributed by atoms with E-state index >= 15 is 0 Å². The lowest BCUT2D eigenvalue weighted by atomic mass is 10.1. The van der Waals surface area contributed by atoms with Gasteiger partial charge >= 0.3 is 0 Å². The molecule has 0 bridgehead atoms. The number of para-hydroxylation sites is 2. The van der Waals surface area contributed by atoms with Crippen molar-refractivity contribution < 1.29 is 8.83 Å². The fourth-order valence-electron chi connectivity index (χ4n) is 6.40. The first kappa shape index (κ1) is 25.4. The van der Waals surface area contributed by atoms with Gasteiger partial charge in [-0.25, -0.2) is 4.98 Å². The molecule has 0 radical (unpaired) electrons. The zero-order valence-corrected chi connectivity index (χ0v) is 24.4. The number of hydrogen-bond acceptors (Lipinski definition) is 4. The summed E-state index contributed by atoms with van der Waals surface area (Å²) < 4.78 is 15.8. The van der Waals surface area contributed by atoms with Crippen molar-refractivity contribution in [2.75, 3.05) is 0 Å². The Bertz CT molecular complexity index is 2480. The molecule has 6 nitrogen and oxygen atoms in total. The van der Waals surface area contributed by atoms with Crippen LogP contribution in [0.3, 0.4) is 0 Å². The summed E-state index contributed by atoms with van der Waals surface area (Å²) >= 11 is 0. The van der Waals surface area contributed by atoms with Crippen LogP contribution < -0.4 is 0 Å². The quantitative estimate of drug-likeness (QED) is 0.203. The molecule has 0 atom stereocenters. The highest BCUT2D eigenvalue weighted by atomic mass is 16.3. The molecule has 45 heavy (non-hydrogen) atoms. The van der Waals surface area contributed by atoms with E-state index in [1.54, 1.807) is 12.5 Å². The van der Waals surface area contributed by atoms with Crippen molar-refractivity contribution in [3.8, 4) is 51.0 Å². The van der Waals surface area contributed by atoms with Gasteiger partial charge in [-0.1, -0.05) is 36.4 Å². The molecule has 9 aromatic rings. The van der Waals surface area contributed by atoms with Crippen molar-refractivity contribution in [1.29, 1.82) is 0 Å². The zero-order valence-electron chi connectivity index (χ0n) is 24.4. The van der Waals surface area contributed by atoms with Crippen molar-refractivity contribution >= 4 is 32.8 Å². The van der Waals surface area contributed by atoms with Gasteiger partial charge in [-0.05, 0) is 84.9 Å². The zero-order chi connectivity index (χ0) is 29.9. The fraction of sp³-hybridized carbons (Fsp3) is 0.0256. The van der Waals surface area contributed by atoms with Crippen LogP contribution >= 0.6 is 0 Å². The second-order valence-electron chi connectivity index (χ2n) is 11.2. The van der Waals surface area contributed by atoms with Crippen molar-refractivity contribution in [3.63, 3.8) is 0 Å². The Kier molecular flexibility index (Phi) is 5.62. The number of pyridine rings is 1. The Balaban J connectivity index is 1.24. The Morgan fingerprint density at radius 2 is 1.36 bits per heavy atom. The van der Waals surface area contributed by atoms with Gasteiger partial charge in [-0.15, -0.1) is 0 Å². The maximum Gasteiger partial charge on any atom is 0.140 e. The molecule has 0 amide bonds. The van der Waals surface area contributed by atoms with Crippen LogP contribution in [0, 0.1) is 0 Å². The molecule has 0 N–H and O–H groups in total. The number of imidazole rings is 1. The third-order valence-corrected chi connectivity index (χ3v) is 8.59. The molecule has 5 aromatic heterocycles. The Morgan fingerprint density at radius 1 is 0.556 bits per heavy atom. The summed E-state index contributed by atoms with van der Waals surface area (Å²) in [6.45, 7) is 0. The van der Waals surface area contributed by atoms with Crippen molar-refractivity contribution in [2.24, 2.45) is 7.05 Å². The van der Waals surface area contributed by atoms with Crippen LogP contribution in [0.5, 0.6) is 0 Å². The SMILES string of the molecule is Cn1c(-c2ccc3c4cc(-c5ccco5)ccc4n(-c4cccc(-c5ccc(-c6ccco6)cn5)c4)c3c2)nc2ccccc21. The van der Waals surface area contributed by atoms with Crippen LogP contribution in [0.25, 0.3) is 83.8 Å². The number of nitrogens with zero attached hydrogens (tertiary/aromatic N) is 4. The van der Waals surface area contributed by atoms with Crippen molar-refractivity contribution in [2.45, 2.75) is 0 Å². The summed E-state index contributed by atoms with van der Waals surface area (Å²) in [6.07, 6.45) is 5.25. The summed E-state index contributed by atoms with van der Waals surface area (Å²) in [4.78, 5) is 9.78. The highest BCUT2D eigenvalue weighted by Gasteiger charge is 2.18. The van der Waals surface area contributed by atoms with Crippen LogP contribution in [0.1, 0.15) is 0 Å². The summed E-state index contributed by atoms with van der Waals surface area (Å²) in [5.41, 5.74) is 10.3. The normalized spacial score (nSPS) is 11.7. The van der Waals surface area contributed by atoms with Gasteiger partial charge in [0.1, 0.15) is 17.3 Å². The van der Waals surface area contributed by atoms with Gasteiger partial charge in [-0.3, -0.25) is 4.98 Å². The number of benzene rings is 4. The predicted octanol–water partition coefficient (Wildman–Crippen LogP) is 9.92. The smallest absolute Gasteiger partial charge is 0.140 e. The lowest BCUT2D eigenvalue weighted by Gasteiger charge is -2.11. The van der Waals surface area contributed by atoms with Gasteiger partial charge in [0, 0.05) is 52.0 Å². The van der Waals surface area contributed by atoms with Crippen LogP contribution in [-0.4, -0.2) is 19.1 Å². The van der Waals surface area contributed by atoms with E-state index in [9.17, 15) is 0 Å². The molecule has 0 unspecified atom stereocenters. The molecule has 6 heteroatoms. The van der Waals surface area contributed by atoms with Crippen LogP contribution in [-0.2, 0) is 7.05 Å². The van der Waals surface area contributed by atoms with Gasteiger partial charge in [0.05, 0.1) is 40.3 Å². The topological polar surface area (TPSA) is 61.9 Å². The van der Waals surface area contributed by atoms with E-state index in [-0.39, 0.29) is 0 Å². The average Bonchev–Trinajstić information content (AvgIpc) is 3.91. The molecule has 0 aliphatic heterocycles. The molecule has 0 aliphatic rings. The fourth-order valence-corrected chi connectivity index (χ4v) is 6.40. The number of aromatic nitrogens is 4. The van der Waals surface area contributed by atoms with E-state index in [1.165, 1.54) is 0 Å². The minimum Gasteiger partial charge on any atom is -0.464 e. The third kappa shape index (κ3) is 4.11. The molecule has 214 valence electrons. The van der Waals surface area contributed by atoms with Crippen molar-refractivity contribution in [1.82, 2.24) is 19.1 Å². The minimum absolute atomic E-state index is 0.804. The molecule has 0 fully saturated rings. The molecule has 4 aromatic carbocycles. The Hall–Kier alpha value is -6.14. The first-order chi connectivity index (χ1) is 22.2. The standard InChI is InChI=1S/C39H26N4O2/c1-42-35-10-3-2-9-33(35)41-39(42)27-13-16-30-31-22-26(37-11-5-19-44-37)15-18-34(31)43(36(30)23-27)29-8-4-7-25(21-29)32-17-14-28(24-40-32)38-12-6-20-45-38/h2-24H,1H3. The monoisotopic (exact) mass is 582 g/mol. The molecule has 9 rings (SSSR count). The summed E-state index contributed by atoms with van der Waals surface area (Å²) in [5, 5.41) is 2.31. The molecular weight excluding hydrogens is 556 g/mol. The van der Waals surface area contributed by atoms with Gasteiger partial charge in [0.2, 0.25) is 0 Å². The largest absolute Gasteiger partial charge is 0.464 e. The van der Waals surface area contributed by atoms with Gasteiger partial charge < -0.3 is 18.0 Å². The molecular formula is C39H26N4O2. The molecule has 5 heterocycles. The van der Waals surface area contributed by atoms with Crippen LogP contribution in [0.2, 0.25) is 0 Å². The predicted molar refractivity (Wildman–Crippen MR) is 179 cm³/mol. The van der Waals surface area contributed by atoms with E-state index in [0.29, 0.717) is 0 Å². The molecule has 0 spiro atoms. The number of fused-ring (bicyclic) bond motifs is 4. The van der Waals surface area contributed by atoms with Crippen LogP contribution in [0.4, 0.5) is 0 Å². The van der Waals surface area contributed by atoms with Gasteiger partial charge in [0.25, 0.3) is 0 Å². The van der Waals surface area contributed by atoms with Gasteiger partial charge in [0.15, 0.2) is 0 Å². The maximum atomic E-state index is 5.76. The Labute approximate surface area is 258 Å². The number of hydrogen-bond donors (Lipinski definition) is 0. The van der Waals surface area contributed by atoms with E-state index < -0.39 is 0 Å².